The van der Waals surface area contributed by atoms with Crippen LogP contribution in [0, 0.1) is 12.7 Å². The second-order valence-electron chi connectivity index (χ2n) is 3.72. The topological polar surface area (TPSA) is 80.0 Å². The van der Waals surface area contributed by atoms with Gasteiger partial charge in [-0.3, -0.25) is 5.43 Å². The molecule has 96 valence electrons. The van der Waals surface area contributed by atoms with Gasteiger partial charge in [0.25, 0.3) is 0 Å². The normalized spacial score (nSPS) is 10.4. The zero-order valence-corrected chi connectivity index (χ0v) is 10.8. The number of nitrogens with zero attached hydrogens (tertiary/aromatic N) is 4. The van der Waals surface area contributed by atoms with Crippen LogP contribution in [0.4, 0.5) is 16.2 Å². The Hall–Kier alpha value is -1.80. The minimum absolute atomic E-state index is 0.174. The lowest BCUT2D eigenvalue weighted by Gasteiger charge is -2.17. The van der Waals surface area contributed by atoms with Crippen molar-refractivity contribution in [2.45, 2.75) is 13.5 Å². The Kier molecular flexibility index (Phi) is 3.68. The van der Waals surface area contributed by atoms with Gasteiger partial charge in [-0.25, -0.2) is 20.2 Å². The van der Waals surface area contributed by atoms with Gasteiger partial charge in [-0.15, -0.1) is 11.3 Å². The van der Waals surface area contributed by atoms with E-state index in [0.29, 0.717) is 6.54 Å². The zero-order chi connectivity index (χ0) is 13.1. The van der Waals surface area contributed by atoms with E-state index in [1.165, 1.54) is 0 Å². The van der Waals surface area contributed by atoms with Gasteiger partial charge < -0.3 is 4.90 Å². The van der Waals surface area contributed by atoms with Crippen LogP contribution in [0.15, 0.2) is 11.6 Å². The molecule has 0 bridgehead atoms. The SMILES string of the molecule is Cc1nc(CN(C)c2nc(NN)ncc2F)cs1. The molecule has 0 radical (unpaired) electrons. The van der Waals surface area contributed by atoms with E-state index >= 15 is 0 Å². The summed E-state index contributed by atoms with van der Waals surface area (Å²) in [5.74, 6) is 5.06. The van der Waals surface area contributed by atoms with Crippen LogP contribution in [0.1, 0.15) is 10.7 Å². The summed E-state index contributed by atoms with van der Waals surface area (Å²) in [4.78, 5) is 13.6. The number of nitrogens with two attached hydrogens (primary N) is 1. The molecule has 2 rings (SSSR count). The Morgan fingerprint density at radius 2 is 2.28 bits per heavy atom. The number of halogens is 1. The van der Waals surface area contributed by atoms with E-state index in [4.69, 9.17) is 5.84 Å². The molecular weight excluding hydrogens is 255 g/mol. The summed E-state index contributed by atoms with van der Waals surface area (Å²) in [6, 6.07) is 0. The molecule has 0 aliphatic carbocycles. The van der Waals surface area contributed by atoms with Gasteiger partial charge in [0.15, 0.2) is 11.6 Å². The second kappa shape index (κ2) is 5.23. The van der Waals surface area contributed by atoms with Crippen molar-refractivity contribution in [3.8, 4) is 0 Å². The number of thiazole rings is 1. The lowest BCUT2D eigenvalue weighted by Crippen LogP contribution is -2.21. The van der Waals surface area contributed by atoms with Crippen LogP contribution in [-0.2, 0) is 6.54 Å². The van der Waals surface area contributed by atoms with Gasteiger partial charge in [0.1, 0.15) is 0 Å². The third kappa shape index (κ3) is 2.71. The van der Waals surface area contributed by atoms with E-state index in [0.717, 1.165) is 16.9 Å². The van der Waals surface area contributed by atoms with Crippen molar-refractivity contribution in [1.29, 1.82) is 0 Å². The first kappa shape index (κ1) is 12.7. The molecule has 8 heteroatoms. The largest absolute Gasteiger partial charge is 0.351 e. The molecule has 0 aromatic carbocycles. The molecule has 0 atom stereocenters. The van der Waals surface area contributed by atoms with Crippen LogP contribution in [0.3, 0.4) is 0 Å². The zero-order valence-electron chi connectivity index (χ0n) is 10.0. The number of nitrogens with one attached hydrogen (secondary N) is 1. The summed E-state index contributed by atoms with van der Waals surface area (Å²) in [5.41, 5.74) is 3.16. The van der Waals surface area contributed by atoms with Crippen molar-refractivity contribution < 1.29 is 4.39 Å². The van der Waals surface area contributed by atoms with Gasteiger partial charge in [-0.1, -0.05) is 0 Å². The van der Waals surface area contributed by atoms with Gasteiger partial charge in [0, 0.05) is 12.4 Å². The van der Waals surface area contributed by atoms with Crippen molar-refractivity contribution in [2.24, 2.45) is 5.84 Å². The van der Waals surface area contributed by atoms with Crippen molar-refractivity contribution in [3.63, 3.8) is 0 Å². The van der Waals surface area contributed by atoms with Crippen molar-refractivity contribution >= 4 is 23.1 Å². The summed E-state index contributed by atoms with van der Waals surface area (Å²) in [6.07, 6.45) is 1.08. The fourth-order valence-electron chi connectivity index (χ4n) is 1.49. The second-order valence-corrected chi connectivity index (χ2v) is 4.79. The predicted molar refractivity (Wildman–Crippen MR) is 68.8 cm³/mol. The van der Waals surface area contributed by atoms with Crippen LogP contribution >= 0.6 is 11.3 Å². The average Bonchev–Trinajstić information content (AvgIpc) is 2.75. The standard InChI is InChI=1S/C10H13FN6S/c1-6-14-7(5-18-6)4-17(2)9-8(11)3-13-10(15-9)16-12/h3,5H,4,12H2,1-2H3,(H,13,15,16). The summed E-state index contributed by atoms with van der Waals surface area (Å²) < 4.78 is 13.6. The molecular formula is C10H13FN6S. The first-order valence-corrected chi connectivity index (χ1v) is 6.09. The smallest absolute Gasteiger partial charge is 0.239 e. The molecule has 0 aliphatic heterocycles. The Balaban J connectivity index is 2.20. The molecule has 0 unspecified atom stereocenters. The Bertz CT molecular complexity index is 543. The van der Waals surface area contributed by atoms with Gasteiger partial charge in [-0.05, 0) is 6.92 Å². The quantitative estimate of drug-likeness (QED) is 0.642. The maximum absolute atomic E-state index is 13.6. The third-order valence-electron chi connectivity index (χ3n) is 2.28. The number of aromatic nitrogens is 3. The van der Waals surface area contributed by atoms with Gasteiger partial charge in [0.05, 0.1) is 23.4 Å². The third-order valence-corrected chi connectivity index (χ3v) is 3.10. The van der Waals surface area contributed by atoms with Crippen molar-refractivity contribution in [1.82, 2.24) is 15.0 Å². The summed E-state index contributed by atoms with van der Waals surface area (Å²) in [6.45, 7) is 2.40. The minimum Gasteiger partial charge on any atom is -0.351 e. The number of hydrogen-bond donors (Lipinski definition) is 2. The van der Waals surface area contributed by atoms with Gasteiger partial charge in [0.2, 0.25) is 5.95 Å². The first-order chi connectivity index (χ1) is 8.60. The van der Waals surface area contributed by atoms with Crippen LogP contribution in [0.2, 0.25) is 0 Å². The highest BCUT2D eigenvalue weighted by molar-refractivity contribution is 7.09. The van der Waals surface area contributed by atoms with Gasteiger partial charge in [-0.2, -0.15) is 4.98 Å². The number of aryl methyl sites for hydroxylation is 1. The Morgan fingerprint density at radius 3 is 2.89 bits per heavy atom. The predicted octanol–water partition coefficient (Wildman–Crippen LogP) is 1.30. The van der Waals surface area contributed by atoms with E-state index in [2.05, 4.69) is 20.4 Å². The Labute approximate surface area is 108 Å². The van der Waals surface area contributed by atoms with Crippen molar-refractivity contribution in [3.05, 3.63) is 28.1 Å². The van der Waals surface area contributed by atoms with Crippen molar-refractivity contribution in [2.75, 3.05) is 17.4 Å². The summed E-state index contributed by atoms with van der Waals surface area (Å²) >= 11 is 1.56. The number of anilines is 2. The summed E-state index contributed by atoms with van der Waals surface area (Å²) in [7, 11) is 1.74. The van der Waals surface area contributed by atoms with Crippen LogP contribution in [0.25, 0.3) is 0 Å². The highest BCUT2D eigenvalue weighted by Gasteiger charge is 2.12. The molecule has 3 N–H and O–H groups in total. The molecule has 0 spiro atoms. The summed E-state index contributed by atoms with van der Waals surface area (Å²) in [5, 5.41) is 2.92. The highest BCUT2D eigenvalue weighted by atomic mass is 32.1. The maximum Gasteiger partial charge on any atom is 0.239 e. The number of nitrogen functional groups attached to an aromatic ring is 1. The molecule has 0 aliphatic rings. The average molecular weight is 268 g/mol. The molecule has 2 aromatic heterocycles. The van der Waals surface area contributed by atoms with E-state index in [9.17, 15) is 4.39 Å². The molecule has 2 heterocycles. The molecule has 18 heavy (non-hydrogen) atoms. The van der Waals surface area contributed by atoms with Crippen LogP contribution in [-0.4, -0.2) is 22.0 Å². The van der Waals surface area contributed by atoms with E-state index in [1.54, 1.807) is 23.3 Å². The minimum atomic E-state index is -0.497. The molecule has 6 nitrogen and oxygen atoms in total. The highest BCUT2D eigenvalue weighted by Crippen LogP contribution is 2.18. The monoisotopic (exact) mass is 268 g/mol. The maximum atomic E-state index is 13.6. The molecule has 2 aromatic rings. The first-order valence-electron chi connectivity index (χ1n) is 5.21. The molecule has 0 fully saturated rings. The lowest BCUT2D eigenvalue weighted by atomic mass is 10.4. The van der Waals surface area contributed by atoms with E-state index < -0.39 is 5.82 Å². The number of rotatable bonds is 4. The number of hydrazine groups is 1. The fraction of sp³-hybridized carbons (Fsp3) is 0.300. The van der Waals surface area contributed by atoms with E-state index in [1.807, 2.05) is 12.3 Å². The van der Waals surface area contributed by atoms with E-state index in [-0.39, 0.29) is 11.8 Å². The number of hydrogen-bond acceptors (Lipinski definition) is 7. The van der Waals surface area contributed by atoms with Crippen LogP contribution < -0.4 is 16.2 Å². The van der Waals surface area contributed by atoms with Gasteiger partial charge >= 0.3 is 0 Å². The molecule has 0 saturated carbocycles. The molecule has 0 amide bonds. The van der Waals surface area contributed by atoms with Crippen LogP contribution in [0.5, 0.6) is 0 Å². The molecule has 0 saturated heterocycles. The lowest BCUT2D eigenvalue weighted by molar-refractivity contribution is 0.607. The fourth-order valence-corrected chi connectivity index (χ4v) is 2.10. The Morgan fingerprint density at radius 1 is 1.50 bits per heavy atom.